The molecule has 0 unspecified atom stereocenters. The van der Waals surface area contributed by atoms with Crippen molar-refractivity contribution in [3.8, 4) is 0 Å². The van der Waals surface area contributed by atoms with Gasteiger partial charge in [-0.2, -0.15) is 0 Å². The molecule has 0 fully saturated rings. The summed E-state index contributed by atoms with van der Waals surface area (Å²) < 4.78 is 0. The molecule has 0 bridgehead atoms. The largest absolute Gasteiger partial charge is 0.309 e. The molecular weight excluding hydrogens is 164 g/mol. The Hall–Kier alpha value is -1.71. The monoisotopic (exact) mass is 172 g/mol. The highest BCUT2D eigenvalue weighted by atomic mass is 15.3. The third-order valence-corrected chi connectivity index (χ3v) is 2.26. The van der Waals surface area contributed by atoms with Crippen molar-refractivity contribution in [3.05, 3.63) is 24.2 Å². The molecule has 2 aliphatic rings. The van der Waals surface area contributed by atoms with Gasteiger partial charge >= 0.3 is 0 Å². The van der Waals surface area contributed by atoms with E-state index in [1.54, 1.807) is 6.33 Å². The van der Waals surface area contributed by atoms with Gasteiger partial charge in [0.1, 0.15) is 18.0 Å². The second-order valence-corrected chi connectivity index (χ2v) is 3.03. The van der Waals surface area contributed by atoms with Crippen LogP contribution in [0.2, 0.25) is 0 Å². The number of nitrogens with zero attached hydrogens (tertiary/aromatic N) is 4. The summed E-state index contributed by atoms with van der Waals surface area (Å²) in [5, 5.41) is 0. The molecule has 0 saturated heterocycles. The lowest BCUT2D eigenvalue weighted by molar-refractivity contribution is 0.984. The van der Waals surface area contributed by atoms with Crippen LogP contribution < -0.4 is 4.90 Å². The SMILES string of the molecule is C1=Cc2cncnc2N2CCN=C12. The van der Waals surface area contributed by atoms with Gasteiger partial charge in [0.2, 0.25) is 0 Å². The maximum absolute atomic E-state index is 4.35. The van der Waals surface area contributed by atoms with Crippen molar-refractivity contribution < 1.29 is 0 Å². The molecule has 0 radical (unpaired) electrons. The van der Waals surface area contributed by atoms with Crippen molar-refractivity contribution in [1.29, 1.82) is 0 Å². The van der Waals surface area contributed by atoms with Crippen LogP contribution in [0.5, 0.6) is 0 Å². The number of rotatable bonds is 0. The summed E-state index contributed by atoms with van der Waals surface area (Å²) >= 11 is 0. The first-order valence-corrected chi connectivity index (χ1v) is 4.25. The summed E-state index contributed by atoms with van der Waals surface area (Å²) in [7, 11) is 0. The summed E-state index contributed by atoms with van der Waals surface area (Å²) in [5.41, 5.74) is 1.07. The average molecular weight is 172 g/mol. The lowest BCUT2D eigenvalue weighted by Crippen LogP contribution is -2.29. The maximum atomic E-state index is 4.35. The molecule has 3 rings (SSSR count). The van der Waals surface area contributed by atoms with E-state index in [1.807, 2.05) is 18.3 Å². The smallest absolute Gasteiger partial charge is 0.144 e. The number of fused-ring (bicyclic) bond motifs is 3. The molecule has 2 aliphatic heterocycles. The zero-order valence-electron chi connectivity index (χ0n) is 7.01. The van der Waals surface area contributed by atoms with Crippen LogP contribution in [0.3, 0.4) is 0 Å². The van der Waals surface area contributed by atoms with Gasteiger partial charge in [-0.05, 0) is 12.2 Å². The molecule has 0 N–H and O–H groups in total. The molecular formula is C9H8N4. The molecule has 0 atom stereocenters. The fourth-order valence-corrected chi connectivity index (χ4v) is 1.66. The van der Waals surface area contributed by atoms with Gasteiger partial charge < -0.3 is 4.90 Å². The van der Waals surface area contributed by atoms with E-state index in [1.165, 1.54) is 0 Å². The zero-order chi connectivity index (χ0) is 8.67. The van der Waals surface area contributed by atoms with Gasteiger partial charge in [0.05, 0.1) is 6.54 Å². The highest BCUT2D eigenvalue weighted by Gasteiger charge is 2.22. The minimum absolute atomic E-state index is 0.864. The summed E-state index contributed by atoms with van der Waals surface area (Å²) in [4.78, 5) is 14.7. The van der Waals surface area contributed by atoms with Crippen molar-refractivity contribution in [2.24, 2.45) is 4.99 Å². The Bertz CT molecular complexity index is 408. The first-order valence-electron chi connectivity index (χ1n) is 4.25. The van der Waals surface area contributed by atoms with Gasteiger partial charge in [0.15, 0.2) is 0 Å². The minimum Gasteiger partial charge on any atom is -0.309 e. The van der Waals surface area contributed by atoms with Crippen LogP contribution >= 0.6 is 0 Å². The van der Waals surface area contributed by atoms with Gasteiger partial charge in [0.25, 0.3) is 0 Å². The van der Waals surface area contributed by atoms with Crippen molar-refractivity contribution in [2.75, 3.05) is 18.0 Å². The van der Waals surface area contributed by atoms with E-state index in [0.717, 1.165) is 30.3 Å². The molecule has 13 heavy (non-hydrogen) atoms. The van der Waals surface area contributed by atoms with E-state index < -0.39 is 0 Å². The highest BCUT2D eigenvalue weighted by Crippen LogP contribution is 2.24. The van der Waals surface area contributed by atoms with Crippen molar-refractivity contribution in [1.82, 2.24) is 9.97 Å². The minimum atomic E-state index is 0.864. The maximum Gasteiger partial charge on any atom is 0.144 e. The van der Waals surface area contributed by atoms with Crippen molar-refractivity contribution in [2.45, 2.75) is 0 Å². The molecule has 3 heterocycles. The summed E-state index contributed by atoms with van der Waals surface area (Å²) in [6.45, 7) is 1.80. The number of anilines is 1. The second-order valence-electron chi connectivity index (χ2n) is 3.03. The topological polar surface area (TPSA) is 41.4 Å². The molecule has 4 nitrogen and oxygen atoms in total. The van der Waals surface area contributed by atoms with Crippen LogP contribution in [-0.4, -0.2) is 28.9 Å². The van der Waals surface area contributed by atoms with E-state index in [4.69, 9.17) is 0 Å². The highest BCUT2D eigenvalue weighted by molar-refractivity contribution is 6.12. The number of hydrogen-bond donors (Lipinski definition) is 0. The van der Waals surface area contributed by atoms with E-state index in [2.05, 4.69) is 19.9 Å². The van der Waals surface area contributed by atoms with Crippen molar-refractivity contribution in [3.63, 3.8) is 0 Å². The molecule has 1 aromatic heterocycles. The summed E-state index contributed by atoms with van der Waals surface area (Å²) in [5.74, 6) is 2.00. The molecule has 4 heteroatoms. The van der Waals surface area contributed by atoms with Crippen LogP contribution in [0.15, 0.2) is 23.6 Å². The van der Waals surface area contributed by atoms with E-state index in [0.29, 0.717) is 0 Å². The van der Waals surface area contributed by atoms with Crippen LogP contribution in [0.1, 0.15) is 5.56 Å². The molecule has 0 spiro atoms. The first kappa shape index (κ1) is 6.77. The van der Waals surface area contributed by atoms with Gasteiger partial charge in [-0.25, -0.2) is 9.97 Å². The number of aromatic nitrogens is 2. The Morgan fingerprint density at radius 1 is 1.31 bits per heavy atom. The van der Waals surface area contributed by atoms with E-state index >= 15 is 0 Å². The van der Waals surface area contributed by atoms with Gasteiger partial charge in [-0.1, -0.05) is 0 Å². The van der Waals surface area contributed by atoms with Crippen LogP contribution in [0.25, 0.3) is 6.08 Å². The normalized spacial score (nSPS) is 18.2. The van der Waals surface area contributed by atoms with Gasteiger partial charge in [-0.3, -0.25) is 4.99 Å². The standard InChI is InChI=1S/C9H8N4/c1-2-8-11-3-4-13(8)9-7(1)5-10-6-12-9/h1-2,5-6H,3-4H2. The van der Waals surface area contributed by atoms with E-state index in [9.17, 15) is 0 Å². The Kier molecular flexibility index (Phi) is 1.24. The Morgan fingerprint density at radius 2 is 2.31 bits per heavy atom. The van der Waals surface area contributed by atoms with E-state index in [-0.39, 0.29) is 0 Å². The second kappa shape index (κ2) is 2.39. The molecule has 0 aromatic carbocycles. The lowest BCUT2D eigenvalue weighted by Gasteiger charge is -2.21. The Balaban J connectivity index is 2.20. The van der Waals surface area contributed by atoms with Crippen molar-refractivity contribution >= 4 is 17.7 Å². The summed E-state index contributed by atoms with van der Waals surface area (Å²) in [6.07, 6.45) is 7.43. The van der Waals surface area contributed by atoms with Crippen LogP contribution in [-0.2, 0) is 0 Å². The average Bonchev–Trinajstić information content (AvgIpc) is 2.65. The summed E-state index contributed by atoms with van der Waals surface area (Å²) in [6, 6.07) is 0. The zero-order valence-corrected chi connectivity index (χ0v) is 7.01. The Morgan fingerprint density at radius 3 is 3.31 bits per heavy atom. The lowest BCUT2D eigenvalue weighted by atomic mass is 10.2. The first-order chi connectivity index (χ1) is 6.45. The molecule has 0 aliphatic carbocycles. The number of hydrogen-bond acceptors (Lipinski definition) is 4. The fourth-order valence-electron chi connectivity index (χ4n) is 1.66. The Labute approximate surface area is 75.6 Å². The number of amidine groups is 1. The molecule has 1 aromatic rings. The van der Waals surface area contributed by atoms with Crippen LogP contribution in [0.4, 0.5) is 5.82 Å². The quantitative estimate of drug-likeness (QED) is 0.579. The molecule has 0 saturated carbocycles. The fraction of sp³-hybridized carbons (Fsp3) is 0.222. The predicted octanol–water partition coefficient (Wildman–Crippen LogP) is 0.722. The number of aliphatic imine (C=N–C) groups is 1. The predicted molar refractivity (Wildman–Crippen MR) is 50.7 cm³/mol. The third kappa shape index (κ3) is 0.884. The van der Waals surface area contributed by atoms with Crippen LogP contribution in [0, 0.1) is 0 Å². The third-order valence-electron chi connectivity index (χ3n) is 2.26. The molecule has 64 valence electrons. The van der Waals surface area contributed by atoms with Gasteiger partial charge in [0, 0.05) is 18.3 Å². The van der Waals surface area contributed by atoms with Gasteiger partial charge in [-0.15, -0.1) is 0 Å². The molecule has 0 amide bonds.